The van der Waals surface area contributed by atoms with E-state index < -0.39 is 11.2 Å². The predicted molar refractivity (Wildman–Crippen MR) is 94.7 cm³/mol. The molecular formula is C17H19N5O3. The van der Waals surface area contributed by atoms with Crippen molar-refractivity contribution in [2.24, 2.45) is 0 Å². The monoisotopic (exact) mass is 341 g/mol. The van der Waals surface area contributed by atoms with E-state index in [0.29, 0.717) is 16.7 Å². The number of nitrogens with one attached hydrogen (secondary N) is 2. The lowest BCUT2D eigenvalue weighted by atomic mass is 10.2. The maximum absolute atomic E-state index is 12.2. The van der Waals surface area contributed by atoms with Gasteiger partial charge in [0.15, 0.2) is 0 Å². The maximum Gasteiger partial charge on any atom is 0.328 e. The van der Waals surface area contributed by atoms with Gasteiger partial charge in [-0.15, -0.1) is 0 Å². The molecule has 25 heavy (non-hydrogen) atoms. The molecule has 2 heterocycles. The first-order valence-corrected chi connectivity index (χ1v) is 8.02. The summed E-state index contributed by atoms with van der Waals surface area (Å²) in [6.45, 7) is 4.10. The molecule has 0 aliphatic heterocycles. The van der Waals surface area contributed by atoms with Crippen LogP contribution in [0.25, 0.3) is 10.9 Å². The number of fused-ring (bicyclic) bond motifs is 1. The number of aromatic nitrogens is 4. The Morgan fingerprint density at radius 2 is 2.00 bits per heavy atom. The molecule has 8 nitrogen and oxygen atoms in total. The van der Waals surface area contributed by atoms with Crippen molar-refractivity contribution in [3.05, 3.63) is 57.4 Å². The fraction of sp³-hybridized carbons (Fsp3) is 0.294. The Morgan fingerprint density at radius 3 is 2.76 bits per heavy atom. The summed E-state index contributed by atoms with van der Waals surface area (Å²) in [6.07, 6.45) is 1.72. The number of carbonyl (C=O) groups is 1. The van der Waals surface area contributed by atoms with E-state index >= 15 is 0 Å². The number of hydrogen-bond donors (Lipinski definition) is 2. The number of benzene rings is 1. The summed E-state index contributed by atoms with van der Waals surface area (Å²) in [5, 5.41) is 7.37. The van der Waals surface area contributed by atoms with Gasteiger partial charge in [-0.05, 0) is 26.0 Å². The highest BCUT2D eigenvalue weighted by Gasteiger charge is 2.12. The SMILES string of the molecule is CC(C)n1nccc1NC(=O)CCn1c(=O)[nH]c(=O)c2ccccc21. The normalized spacial score (nSPS) is 11.2. The molecular weight excluding hydrogens is 322 g/mol. The van der Waals surface area contributed by atoms with Crippen LogP contribution in [0.2, 0.25) is 0 Å². The van der Waals surface area contributed by atoms with E-state index in [0.717, 1.165) is 0 Å². The van der Waals surface area contributed by atoms with Crippen LogP contribution >= 0.6 is 0 Å². The maximum atomic E-state index is 12.2. The van der Waals surface area contributed by atoms with Crippen LogP contribution in [0.15, 0.2) is 46.1 Å². The minimum atomic E-state index is -0.524. The summed E-state index contributed by atoms with van der Waals surface area (Å²) >= 11 is 0. The van der Waals surface area contributed by atoms with Crippen LogP contribution < -0.4 is 16.6 Å². The molecule has 3 rings (SSSR count). The van der Waals surface area contributed by atoms with Gasteiger partial charge in [-0.3, -0.25) is 19.1 Å². The Morgan fingerprint density at radius 1 is 1.24 bits per heavy atom. The minimum Gasteiger partial charge on any atom is -0.311 e. The number of H-pyrrole nitrogens is 1. The van der Waals surface area contributed by atoms with Gasteiger partial charge in [0.1, 0.15) is 5.82 Å². The van der Waals surface area contributed by atoms with Gasteiger partial charge < -0.3 is 5.32 Å². The summed E-state index contributed by atoms with van der Waals surface area (Å²) in [5.41, 5.74) is -0.442. The highest BCUT2D eigenvalue weighted by Crippen LogP contribution is 2.13. The molecule has 1 aromatic carbocycles. The average molecular weight is 341 g/mol. The van der Waals surface area contributed by atoms with Gasteiger partial charge in [-0.1, -0.05) is 12.1 Å². The molecule has 0 radical (unpaired) electrons. The molecule has 0 aliphatic rings. The summed E-state index contributed by atoms with van der Waals surface area (Å²) in [7, 11) is 0. The van der Waals surface area contributed by atoms with Crippen LogP contribution in [0.5, 0.6) is 0 Å². The molecule has 3 aromatic rings. The van der Waals surface area contributed by atoms with Crippen LogP contribution in [-0.4, -0.2) is 25.2 Å². The number of nitrogens with zero attached hydrogens (tertiary/aromatic N) is 3. The zero-order chi connectivity index (χ0) is 18.0. The predicted octanol–water partition coefficient (Wildman–Crippen LogP) is 1.50. The number of amides is 1. The Kier molecular flexibility index (Phi) is 4.51. The van der Waals surface area contributed by atoms with E-state index in [2.05, 4.69) is 15.4 Å². The topological polar surface area (TPSA) is 102 Å². The molecule has 0 bridgehead atoms. The number of rotatable bonds is 5. The van der Waals surface area contributed by atoms with Gasteiger partial charge in [-0.25, -0.2) is 9.48 Å². The van der Waals surface area contributed by atoms with Crippen molar-refractivity contribution >= 4 is 22.6 Å². The van der Waals surface area contributed by atoms with Crippen LogP contribution in [0.1, 0.15) is 26.3 Å². The molecule has 0 spiro atoms. The van der Waals surface area contributed by atoms with E-state index in [4.69, 9.17) is 0 Å². The van der Waals surface area contributed by atoms with E-state index in [1.165, 1.54) is 4.57 Å². The fourth-order valence-electron chi connectivity index (χ4n) is 2.71. The van der Waals surface area contributed by atoms with Crippen molar-refractivity contribution in [1.82, 2.24) is 19.3 Å². The van der Waals surface area contributed by atoms with Gasteiger partial charge in [0.05, 0.1) is 17.1 Å². The second-order valence-electron chi connectivity index (χ2n) is 5.98. The van der Waals surface area contributed by atoms with Crippen LogP contribution in [0, 0.1) is 0 Å². The van der Waals surface area contributed by atoms with Crippen molar-refractivity contribution in [3.8, 4) is 0 Å². The van der Waals surface area contributed by atoms with Gasteiger partial charge >= 0.3 is 5.69 Å². The molecule has 0 unspecified atom stereocenters. The number of hydrogen-bond acceptors (Lipinski definition) is 4. The zero-order valence-electron chi connectivity index (χ0n) is 14.0. The van der Waals surface area contributed by atoms with Gasteiger partial charge in [0.25, 0.3) is 5.56 Å². The van der Waals surface area contributed by atoms with Crippen LogP contribution in [0.3, 0.4) is 0 Å². The highest BCUT2D eigenvalue weighted by atomic mass is 16.2. The average Bonchev–Trinajstić information content (AvgIpc) is 3.03. The van der Waals surface area contributed by atoms with Gasteiger partial charge in [-0.2, -0.15) is 5.10 Å². The summed E-state index contributed by atoms with van der Waals surface area (Å²) in [4.78, 5) is 38.4. The summed E-state index contributed by atoms with van der Waals surface area (Å²) in [5.74, 6) is 0.378. The van der Waals surface area contributed by atoms with Crippen LogP contribution in [0.4, 0.5) is 5.82 Å². The first-order valence-electron chi connectivity index (χ1n) is 8.02. The minimum absolute atomic E-state index is 0.0964. The van der Waals surface area contributed by atoms with Crippen molar-refractivity contribution in [3.63, 3.8) is 0 Å². The first kappa shape index (κ1) is 16.7. The van der Waals surface area contributed by atoms with Crippen LogP contribution in [-0.2, 0) is 11.3 Å². The lowest BCUT2D eigenvalue weighted by Crippen LogP contribution is -2.31. The zero-order valence-corrected chi connectivity index (χ0v) is 14.0. The number of aromatic amines is 1. The molecule has 1 amide bonds. The molecule has 2 N–H and O–H groups in total. The van der Waals surface area contributed by atoms with E-state index in [9.17, 15) is 14.4 Å². The molecule has 8 heteroatoms. The number of para-hydroxylation sites is 1. The second kappa shape index (κ2) is 6.76. The number of carbonyl (C=O) groups excluding carboxylic acids is 1. The Bertz CT molecular complexity index is 1030. The number of anilines is 1. The molecule has 2 aromatic heterocycles. The Labute approximate surface area is 143 Å². The van der Waals surface area contributed by atoms with Crippen molar-refractivity contribution in [2.75, 3.05) is 5.32 Å². The third kappa shape index (κ3) is 3.37. The van der Waals surface area contributed by atoms with Crippen molar-refractivity contribution in [2.45, 2.75) is 32.9 Å². The molecule has 0 saturated heterocycles. The van der Waals surface area contributed by atoms with E-state index in [-0.39, 0.29) is 24.9 Å². The standard InChI is InChI=1S/C17H19N5O3/c1-11(2)22-14(7-9-18-22)19-15(23)8-10-21-13-6-4-3-5-12(13)16(24)20-17(21)25/h3-7,9,11H,8,10H2,1-2H3,(H,19,23)(H,20,24,25). The Balaban J connectivity index is 1.79. The Hall–Kier alpha value is -3.16. The largest absolute Gasteiger partial charge is 0.328 e. The first-order chi connectivity index (χ1) is 12.0. The molecule has 130 valence electrons. The summed E-state index contributed by atoms with van der Waals surface area (Å²) < 4.78 is 3.11. The summed E-state index contributed by atoms with van der Waals surface area (Å²) in [6, 6.07) is 8.66. The third-order valence-corrected chi connectivity index (χ3v) is 3.89. The highest BCUT2D eigenvalue weighted by molar-refractivity contribution is 5.90. The molecule has 0 saturated carbocycles. The lowest BCUT2D eigenvalue weighted by molar-refractivity contribution is -0.116. The van der Waals surface area contributed by atoms with Gasteiger partial charge in [0.2, 0.25) is 5.91 Å². The molecule has 0 fully saturated rings. The van der Waals surface area contributed by atoms with Crippen molar-refractivity contribution < 1.29 is 4.79 Å². The van der Waals surface area contributed by atoms with Gasteiger partial charge in [0, 0.05) is 25.1 Å². The lowest BCUT2D eigenvalue weighted by Gasteiger charge is -2.12. The number of aryl methyl sites for hydroxylation is 1. The third-order valence-electron chi connectivity index (χ3n) is 3.89. The smallest absolute Gasteiger partial charge is 0.311 e. The molecule has 0 atom stereocenters. The van der Waals surface area contributed by atoms with E-state index in [1.54, 1.807) is 41.2 Å². The second-order valence-corrected chi connectivity index (χ2v) is 5.98. The molecule has 0 aliphatic carbocycles. The quantitative estimate of drug-likeness (QED) is 0.734. The van der Waals surface area contributed by atoms with Crippen molar-refractivity contribution in [1.29, 1.82) is 0 Å². The van der Waals surface area contributed by atoms with E-state index in [1.807, 2.05) is 13.8 Å². The fourth-order valence-corrected chi connectivity index (χ4v) is 2.71.